The van der Waals surface area contributed by atoms with Crippen molar-refractivity contribution >= 4 is 46.6 Å². The fourth-order valence-corrected chi connectivity index (χ4v) is 7.63. The molecular weight excluding hydrogens is 478 g/mol. The van der Waals surface area contributed by atoms with Crippen LogP contribution in [0.5, 0.6) is 0 Å². The molecule has 1 aliphatic rings. The van der Waals surface area contributed by atoms with Gasteiger partial charge in [0.1, 0.15) is 5.58 Å². The number of hydrogen-bond acceptors (Lipinski definition) is 2. The van der Waals surface area contributed by atoms with Gasteiger partial charge in [0.05, 0.1) is 13.8 Å². The van der Waals surface area contributed by atoms with Gasteiger partial charge in [-0.05, 0) is 58.6 Å². The van der Waals surface area contributed by atoms with Crippen LogP contribution in [0, 0.1) is 0 Å². The molecule has 0 fully saturated rings. The van der Waals surface area contributed by atoms with Crippen LogP contribution in [-0.4, -0.2) is 8.07 Å². The molecule has 0 amide bonds. The Morgan fingerprint density at radius 2 is 1.50 bits per heavy atom. The first-order valence-corrected chi connectivity index (χ1v) is 16.9. The SMILES string of the molecule is C=CC(=CC)N(c1ccc2c(c1)C(C)(C)c1ccccc1-2)c1cccc2c1oc1c([Si](C)(C)C)cccc12. The minimum Gasteiger partial charge on any atom is -0.454 e. The second-order valence-electron chi connectivity index (χ2n) is 11.8. The molecule has 1 heterocycles. The number of anilines is 2. The Labute approximate surface area is 226 Å². The van der Waals surface area contributed by atoms with Gasteiger partial charge >= 0.3 is 0 Å². The van der Waals surface area contributed by atoms with Crippen LogP contribution in [0.25, 0.3) is 33.1 Å². The molecule has 0 bridgehead atoms. The summed E-state index contributed by atoms with van der Waals surface area (Å²) in [5.74, 6) is 0. The lowest BCUT2D eigenvalue weighted by Crippen LogP contribution is -2.37. The van der Waals surface area contributed by atoms with Crippen molar-refractivity contribution in [2.24, 2.45) is 0 Å². The van der Waals surface area contributed by atoms with E-state index in [-0.39, 0.29) is 5.41 Å². The molecule has 0 unspecified atom stereocenters. The van der Waals surface area contributed by atoms with Crippen molar-refractivity contribution in [3.05, 3.63) is 114 Å². The van der Waals surface area contributed by atoms with Gasteiger partial charge in [0, 0.05) is 27.6 Å². The molecule has 1 aromatic heterocycles. The van der Waals surface area contributed by atoms with Crippen molar-refractivity contribution < 1.29 is 4.42 Å². The number of rotatable bonds is 5. The van der Waals surface area contributed by atoms with Crippen LogP contribution in [0.15, 0.2) is 108 Å². The quantitative estimate of drug-likeness (QED) is 0.172. The molecule has 0 atom stereocenters. The van der Waals surface area contributed by atoms with Crippen LogP contribution < -0.4 is 10.1 Å². The van der Waals surface area contributed by atoms with Crippen LogP contribution >= 0.6 is 0 Å². The molecule has 0 saturated carbocycles. The summed E-state index contributed by atoms with van der Waals surface area (Å²) in [6.07, 6.45) is 4.05. The first-order valence-electron chi connectivity index (χ1n) is 13.4. The average Bonchev–Trinajstić information content (AvgIpc) is 3.40. The van der Waals surface area contributed by atoms with Crippen molar-refractivity contribution in [3.8, 4) is 11.1 Å². The molecule has 190 valence electrons. The van der Waals surface area contributed by atoms with Gasteiger partial charge in [-0.3, -0.25) is 0 Å². The Balaban J connectivity index is 1.61. The highest BCUT2D eigenvalue weighted by Crippen LogP contribution is 2.50. The molecule has 6 rings (SSSR count). The van der Waals surface area contributed by atoms with E-state index in [1.54, 1.807) is 0 Å². The second kappa shape index (κ2) is 8.61. The molecular formula is C35H35NOSi. The number of hydrogen-bond donors (Lipinski definition) is 0. The molecule has 38 heavy (non-hydrogen) atoms. The van der Waals surface area contributed by atoms with Gasteiger partial charge in [-0.1, -0.05) is 107 Å². The normalized spacial score (nSPS) is 14.5. The zero-order valence-electron chi connectivity index (χ0n) is 23.2. The van der Waals surface area contributed by atoms with E-state index in [1.165, 1.54) is 32.8 Å². The highest BCUT2D eigenvalue weighted by molar-refractivity contribution is 6.90. The van der Waals surface area contributed by atoms with Crippen LogP contribution in [0.2, 0.25) is 19.6 Å². The van der Waals surface area contributed by atoms with Gasteiger partial charge < -0.3 is 9.32 Å². The summed E-state index contributed by atoms with van der Waals surface area (Å²) in [5.41, 5.74) is 10.4. The molecule has 0 spiro atoms. The van der Waals surface area contributed by atoms with Crippen molar-refractivity contribution in [2.75, 3.05) is 4.90 Å². The summed E-state index contributed by atoms with van der Waals surface area (Å²) < 4.78 is 6.80. The van der Waals surface area contributed by atoms with Crippen LogP contribution in [0.1, 0.15) is 31.9 Å². The molecule has 0 aliphatic heterocycles. The fraction of sp³-hybridized carbons (Fsp3) is 0.200. The molecule has 1 aliphatic carbocycles. The summed E-state index contributed by atoms with van der Waals surface area (Å²) in [5, 5.41) is 3.69. The van der Waals surface area contributed by atoms with Crippen LogP contribution in [0.4, 0.5) is 11.4 Å². The molecule has 2 nitrogen and oxygen atoms in total. The highest BCUT2D eigenvalue weighted by atomic mass is 28.3. The number of para-hydroxylation sites is 2. The summed E-state index contributed by atoms with van der Waals surface area (Å²) in [6.45, 7) is 18.0. The number of benzene rings is 4. The second-order valence-corrected chi connectivity index (χ2v) is 16.9. The first kappa shape index (κ1) is 24.5. The van der Waals surface area contributed by atoms with Crippen molar-refractivity contribution in [3.63, 3.8) is 0 Å². The van der Waals surface area contributed by atoms with E-state index in [0.29, 0.717) is 0 Å². The van der Waals surface area contributed by atoms with Crippen molar-refractivity contribution in [1.29, 1.82) is 0 Å². The lowest BCUT2D eigenvalue weighted by atomic mass is 9.82. The largest absolute Gasteiger partial charge is 0.454 e. The third-order valence-electron chi connectivity index (χ3n) is 8.14. The van der Waals surface area contributed by atoms with Gasteiger partial charge in [-0.15, -0.1) is 0 Å². The van der Waals surface area contributed by atoms with Gasteiger partial charge in [0.2, 0.25) is 0 Å². The van der Waals surface area contributed by atoms with Gasteiger partial charge in [-0.25, -0.2) is 0 Å². The van der Waals surface area contributed by atoms with E-state index >= 15 is 0 Å². The summed E-state index contributed by atoms with van der Waals surface area (Å²) in [4.78, 5) is 2.30. The molecule has 4 aromatic carbocycles. The van der Waals surface area contributed by atoms with E-state index in [9.17, 15) is 0 Å². The topological polar surface area (TPSA) is 16.4 Å². The predicted molar refractivity (Wildman–Crippen MR) is 167 cm³/mol. The van der Waals surface area contributed by atoms with E-state index in [4.69, 9.17) is 4.42 Å². The van der Waals surface area contributed by atoms with E-state index in [0.717, 1.165) is 33.6 Å². The fourth-order valence-electron chi connectivity index (χ4n) is 6.17. The zero-order valence-corrected chi connectivity index (χ0v) is 24.2. The van der Waals surface area contributed by atoms with E-state index in [1.807, 2.05) is 6.08 Å². The third-order valence-corrected chi connectivity index (χ3v) is 10.2. The Morgan fingerprint density at radius 3 is 2.21 bits per heavy atom. The smallest absolute Gasteiger partial charge is 0.159 e. The molecule has 0 saturated heterocycles. The van der Waals surface area contributed by atoms with Gasteiger partial charge in [0.15, 0.2) is 5.58 Å². The summed E-state index contributed by atoms with van der Waals surface area (Å²) in [7, 11) is -1.60. The average molecular weight is 514 g/mol. The Hall–Kier alpha value is -3.82. The van der Waals surface area contributed by atoms with Gasteiger partial charge in [0.25, 0.3) is 0 Å². The third kappa shape index (κ3) is 3.53. The number of fused-ring (bicyclic) bond motifs is 6. The van der Waals surface area contributed by atoms with E-state index < -0.39 is 8.07 Å². The molecule has 3 heteroatoms. The molecule has 0 N–H and O–H groups in total. The predicted octanol–water partition coefficient (Wildman–Crippen LogP) is 9.67. The number of allylic oxidation sites excluding steroid dienone is 2. The Morgan fingerprint density at radius 1 is 0.816 bits per heavy atom. The maximum atomic E-state index is 6.80. The highest BCUT2D eigenvalue weighted by Gasteiger charge is 2.36. The monoisotopic (exact) mass is 513 g/mol. The maximum absolute atomic E-state index is 6.80. The van der Waals surface area contributed by atoms with Gasteiger partial charge in [-0.2, -0.15) is 0 Å². The Kier molecular flexibility index (Phi) is 5.55. The molecule has 5 aromatic rings. The standard InChI is InChI=1S/C35H35NOSi/c1-8-23(9-2)36(24-20-21-26-25-14-10-11-17-29(25)35(3,4)30(26)22-24)31-18-12-15-27-28-16-13-19-32(38(5,6)7)34(28)37-33(27)31/h8-22H,1H2,2-7H3. The minimum absolute atomic E-state index is 0.0739. The zero-order chi connectivity index (χ0) is 26.8. The lowest BCUT2D eigenvalue weighted by Gasteiger charge is -2.28. The summed E-state index contributed by atoms with van der Waals surface area (Å²) in [6, 6.07) is 28.8. The van der Waals surface area contributed by atoms with Crippen LogP contribution in [0.3, 0.4) is 0 Å². The number of furan rings is 1. The van der Waals surface area contributed by atoms with Crippen LogP contribution in [-0.2, 0) is 5.41 Å². The molecule has 0 radical (unpaired) electrons. The van der Waals surface area contributed by atoms with Crippen molar-refractivity contribution in [2.45, 2.75) is 45.8 Å². The summed E-state index contributed by atoms with van der Waals surface area (Å²) >= 11 is 0. The number of nitrogens with zero attached hydrogens (tertiary/aromatic N) is 1. The maximum Gasteiger partial charge on any atom is 0.159 e. The van der Waals surface area contributed by atoms with E-state index in [2.05, 4.69) is 137 Å². The Bertz CT molecular complexity index is 1760. The first-order chi connectivity index (χ1) is 18.2. The van der Waals surface area contributed by atoms with Crippen molar-refractivity contribution in [1.82, 2.24) is 0 Å². The minimum atomic E-state index is -1.60. The lowest BCUT2D eigenvalue weighted by molar-refractivity contribution is 0.660.